The predicted molar refractivity (Wildman–Crippen MR) is 97.0 cm³/mol. The van der Waals surface area contributed by atoms with E-state index < -0.39 is 11.6 Å². The molecule has 2 rings (SSSR count). The molecule has 9 heteroatoms. The fraction of sp³-hybridized carbons (Fsp3) is 0.529. The number of nitrogens with zero attached hydrogens (tertiary/aromatic N) is 5. The molecule has 0 saturated carbocycles. The number of carboxylic acid groups (broad SMARTS) is 1. The molecule has 0 aliphatic carbocycles. The molecule has 0 bridgehead atoms. The first-order valence-electron chi connectivity index (χ1n) is 8.28. The van der Waals surface area contributed by atoms with Gasteiger partial charge in [0.05, 0.1) is 5.56 Å². The Morgan fingerprint density at radius 2 is 1.85 bits per heavy atom. The third-order valence-corrected chi connectivity index (χ3v) is 4.02. The Hall–Kier alpha value is -2.93. The van der Waals surface area contributed by atoms with Gasteiger partial charge in [0.2, 0.25) is 0 Å². The average Bonchev–Trinajstić information content (AvgIpc) is 2.55. The van der Waals surface area contributed by atoms with E-state index in [1.165, 1.54) is 6.07 Å². The number of benzene rings is 1. The molecule has 26 heavy (non-hydrogen) atoms. The van der Waals surface area contributed by atoms with Gasteiger partial charge >= 0.3 is 12.1 Å². The average molecular weight is 361 g/mol. The lowest BCUT2D eigenvalue weighted by Gasteiger charge is -2.37. The Morgan fingerprint density at radius 1 is 1.23 bits per heavy atom. The van der Waals surface area contributed by atoms with Crippen LogP contribution in [0.5, 0.6) is 0 Å². The Kier molecular flexibility index (Phi) is 5.62. The maximum Gasteiger partial charge on any atom is 0.410 e. The van der Waals surface area contributed by atoms with Crippen LogP contribution in [-0.2, 0) is 4.74 Å². The van der Waals surface area contributed by atoms with Crippen molar-refractivity contribution in [2.45, 2.75) is 33.3 Å². The lowest BCUT2D eigenvalue weighted by Crippen LogP contribution is -2.50. The summed E-state index contributed by atoms with van der Waals surface area (Å²) in [6.07, 6.45) is -0.358. The maximum atomic E-state index is 12.2. The van der Waals surface area contributed by atoms with Gasteiger partial charge in [-0.25, -0.2) is 9.59 Å². The highest BCUT2D eigenvalue weighted by Crippen LogP contribution is 2.32. The number of carbonyl (C=O) groups excluding carboxylic acids is 1. The van der Waals surface area contributed by atoms with Crippen molar-refractivity contribution in [1.29, 1.82) is 0 Å². The largest absolute Gasteiger partial charge is 0.478 e. The molecule has 1 amide bonds. The van der Waals surface area contributed by atoms with Crippen molar-refractivity contribution in [1.82, 2.24) is 4.90 Å². The van der Waals surface area contributed by atoms with Crippen LogP contribution in [0, 0.1) is 6.92 Å². The second kappa shape index (κ2) is 7.53. The van der Waals surface area contributed by atoms with Crippen molar-refractivity contribution in [2.75, 3.05) is 31.1 Å². The number of aromatic carboxylic acids is 1. The highest BCUT2D eigenvalue weighted by Gasteiger charge is 2.27. The molecular formula is C17H23N5O4. The number of ether oxygens (including phenoxy) is 1. The van der Waals surface area contributed by atoms with Crippen molar-refractivity contribution in [2.24, 2.45) is 5.11 Å². The molecule has 0 unspecified atom stereocenters. The van der Waals surface area contributed by atoms with Gasteiger partial charge in [0.15, 0.2) is 0 Å². The fourth-order valence-corrected chi connectivity index (χ4v) is 2.74. The predicted octanol–water partition coefficient (Wildman–Crippen LogP) is 3.69. The molecule has 1 aliphatic rings. The molecule has 1 aromatic rings. The number of carboxylic acids is 1. The van der Waals surface area contributed by atoms with Crippen LogP contribution in [-0.4, -0.2) is 53.8 Å². The Labute approximate surface area is 151 Å². The van der Waals surface area contributed by atoms with Gasteiger partial charge in [-0.05, 0) is 50.9 Å². The molecule has 140 valence electrons. The number of hydrogen-bond donors (Lipinski definition) is 1. The summed E-state index contributed by atoms with van der Waals surface area (Å²) in [6.45, 7) is 9.21. The summed E-state index contributed by atoms with van der Waals surface area (Å²) < 4.78 is 5.38. The summed E-state index contributed by atoms with van der Waals surface area (Å²) >= 11 is 0. The van der Waals surface area contributed by atoms with E-state index in [4.69, 9.17) is 10.3 Å². The second-order valence-corrected chi connectivity index (χ2v) is 7.09. The number of rotatable bonds is 3. The van der Waals surface area contributed by atoms with E-state index in [0.717, 1.165) is 0 Å². The minimum absolute atomic E-state index is 0.0579. The zero-order valence-electron chi connectivity index (χ0n) is 15.4. The molecule has 9 nitrogen and oxygen atoms in total. The maximum absolute atomic E-state index is 12.2. The van der Waals surface area contributed by atoms with Crippen LogP contribution >= 0.6 is 0 Å². The Morgan fingerprint density at radius 3 is 2.35 bits per heavy atom. The smallest absolute Gasteiger partial charge is 0.410 e. The number of amides is 1. The molecule has 0 spiro atoms. The second-order valence-electron chi connectivity index (χ2n) is 7.09. The summed E-state index contributed by atoms with van der Waals surface area (Å²) in [5, 5.41) is 12.9. The number of anilines is 1. The van der Waals surface area contributed by atoms with E-state index >= 15 is 0 Å². The SMILES string of the molecule is Cc1c(N=[N+]=[N-])cc(C(=O)O)cc1N1CCN(C(=O)OC(C)(C)C)CC1. The molecular weight excluding hydrogens is 338 g/mol. The van der Waals surface area contributed by atoms with Crippen molar-refractivity contribution in [3.05, 3.63) is 33.7 Å². The fourth-order valence-electron chi connectivity index (χ4n) is 2.74. The van der Waals surface area contributed by atoms with Crippen molar-refractivity contribution >= 4 is 23.4 Å². The monoisotopic (exact) mass is 361 g/mol. The molecule has 1 aromatic carbocycles. The van der Waals surface area contributed by atoms with E-state index in [1.807, 2.05) is 25.7 Å². The van der Waals surface area contributed by atoms with Crippen LogP contribution < -0.4 is 4.90 Å². The van der Waals surface area contributed by atoms with Crippen LogP contribution in [0.1, 0.15) is 36.7 Å². The van der Waals surface area contributed by atoms with Gasteiger partial charge in [0.25, 0.3) is 0 Å². The Bertz CT molecular complexity index is 757. The highest BCUT2D eigenvalue weighted by atomic mass is 16.6. The van der Waals surface area contributed by atoms with Gasteiger partial charge in [-0.1, -0.05) is 5.11 Å². The number of carbonyl (C=O) groups is 2. The number of hydrogen-bond acceptors (Lipinski definition) is 5. The van der Waals surface area contributed by atoms with E-state index in [0.29, 0.717) is 37.4 Å². The quantitative estimate of drug-likeness (QED) is 0.500. The summed E-state index contributed by atoms with van der Waals surface area (Å²) in [4.78, 5) is 29.9. The van der Waals surface area contributed by atoms with E-state index in [9.17, 15) is 14.7 Å². The summed E-state index contributed by atoms with van der Waals surface area (Å²) in [7, 11) is 0. The van der Waals surface area contributed by atoms with Gasteiger partial charge in [-0.15, -0.1) is 0 Å². The first kappa shape index (κ1) is 19.4. The molecule has 1 heterocycles. The van der Waals surface area contributed by atoms with E-state index in [1.54, 1.807) is 17.9 Å². The van der Waals surface area contributed by atoms with Crippen molar-refractivity contribution < 1.29 is 19.4 Å². The van der Waals surface area contributed by atoms with Gasteiger partial charge in [-0.2, -0.15) is 0 Å². The lowest BCUT2D eigenvalue weighted by atomic mass is 10.1. The standard InChI is InChI=1S/C17H23N5O4/c1-11-13(19-20-18)9-12(15(23)24)10-14(11)21-5-7-22(8-6-21)16(25)26-17(2,3)4/h9-10H,5-8H2,1-4H3,(H,23,24). The minimum atomic E-state index is -1.09. The van der Waals surface area contributed by atoms with Crippen molar-refractivity contribution in [3.63, 3.8) is 0 Å². The zero-order chi connectivity index (χ0) is 19.5. The van der Waals surface area contributed by atoms with Crippen LogP contribution in [0.15, 0.2) is 17.2 Å². The molecule has 0 atom stereocenters. The molecule has 1 N–H and O–H groups in total. The lowest BCUT2D eigenvalue weighted by molar-refractivity contribution is 0.0240. The van der Waals surface area contributed by atoms with Crippen molar-refractivity contribution in [3.8, 4) is 0 Å². The minimum Gasteiger partial charge on any atom is -0.478 e. The van der Waals surface area contributed by atoms with Gasteiger partial charge in [0.1, 0.15) is 5.60 Å². The third kappa shape index (κ3) is 4.58. The van der Waals surface area contributed by atoms with Gasteiger partial charge < -0.3 is 19.6 Å². The van der Waals surface area contributed by atoms with Gasteiger partial charge in [-0.3, -0.25) is 0 Å². The first-order chi connectivity index (χ1) is 12.1. The zero-order valence-corrected chi connectivity index (χ0v) is 15.4. The number of azide groups is 1. The van der Waals surface area contributed by atoms with E-state index in [-0.39, 0.29) is 17.3 Å². The molecule has 1 fully saturated rings. The van der Waals surface area contributed by atoms with Crippen LogP contribution in [0.3, 0.4) is 0 Å². The third-order valence-electron chi connectivity index (χ3n) is 4.02. The molecule has 1 aliphatic heterocycles. The summed E-state index contributed by atoms with van der Waals surface area (Å²) in [6, 6.07) is 2.93. The highest BCUT2D eigenvalue weighted by molar-refractivity contribution is 5.91. The normalized spacial score (nSPS) is 14.6. The van der Waals surface area contributed by atoms with Crippen LogP contribution in [0.4, 0.5) is 16.2 Å². The molecule has 0 radical (unpaired) electrons. The Balaban J connectivity index is 2.19. The van der Waals surface area contributed by atoms with Crippen LogP contribution in [0.2, 0.25) is 0 Å². The molecule has 1 saturated heterocycles. The molecule has 0 aromatic heterocycles. The number of piperazine rings is 1. The summed E-state index contributed by atoms with van der Waals surface area (Å²) in [5.74, 6) is -1.09. The van der Waals surface area contributed by atoms with Crippen LogP contribution in [0.25, 0.3) is 10.4 Å². The van der Waals surface area contributed by atoms with E-state index in [2.05, 4.69) is 10.0 Å². The van der Waals surface area contributed by atoms with Gasteiger partial charge in [0, 0.05) is 42.5 Å². The first-order valence-corrected chi connectivity index (χ1v) is 8.28. The summed E-state index contributed by atoms with van der Waals surface area (Å²) in [5.41, 5.74) is 9.90. The topological polar surface area (TPSA) is 119 Å².